The highest BCUT2D eigenvalue weighted by molar-refractivity contribution is 5.95. The van der Waals surface area contributed by atoms with Crippen LogP contribution in [-0.2, 0) is 0 Å². The van der Waals surface area contributed by atoms with Gasteiger partial charge in [-0.2, -0.15) is 0 Å². The first-order chi connectivity index (χ1) is 9.28. The Hall–Kier alpha value is -1.65. The summed E-state index contributed by atoms with van der Waals surface area (Å²) in [6, 6.07) is 1.74. The molecular weight excluding hydrogens is 262 g/mol. The topological polar surface area (TPSA) is 55.1 Å². The number of nitrogens with one attached hydrogen (secondary N) is 1. The molecule has 3 N–H and O–H groups in total. The lowest BCUT2D eigenvalue weighted by molar-refractivity contribution is 0.0905. The lowest BCUT2D eigenvalue weighted by atomic mass is 9.75. The third-order valence-electron chi connectivity index (χ3n) is 4.01. The van der Waals surface area contributed by atoms with E-state index in [1.165, 1.54) is 0 Å². The van der Waals surface area contributed by atoms with Crippen LogP contribution < -0.4 is 11.1 Å². The summed E-state index contributed by atoms with van der Waals surface area (Å²) in [4.78, 5) is 12.0. The standard InChI is InChI=1S/C15H20F2N2O/c1-15(2)5-3-9(4-6-15)19-14(20)10-7-13(18)12(17)8-11(10)16/h7-9H,3-6,18H2,1-2H3,(H,19,20). The number of carbonyl (C=O) groups excluding carboxylic acids is 1. The number of hydrogen-bond donors (Lipinski definition) is 2. The van der Waals surface area contributed by atoms with E-state index >= 15 is 0 Å². The van der Waals surface area contributed by atoms with Gasteiger partial charge in [-0.3, -0.25) is 4.79 Å². The van der Waals surface area contributed by atoms with E-state index in [4.69, 9.17) is 5.73 Å². The van der Waals surface area contributed by atoms with Crippen LogP contribution in [0.15, 0.2) is 12.1 Å². The number of rotatable bonds is 2. The molecule has 1 aliphatic rings. The van der Waals surface area contributed by atoms with E-state index in [1.807, 2.05) is 0 Å². The summed E-state index contributed by atoms with van der Waals surface area (Å²) in [6.07, 6.45) is 3.78. The van der Waals surface area contributed by atoms with Gasteiger partial charge >= 0.3 is 0 Å². The first-order valence-corrected chi connectivity index (χ1v) is 6.84. The summed E-state index contributed by atoms with van der Waals surface area (Å²) in [5, 5.41) is 2.80. The van der Waals surface area contributed by atoms with Gasteiger partial charge in [-0.25, -0.2) is 8.78 Å². The number of anilines is 1. The Morgan fingerprint density at radius 2 is 1.85 bits per heavy atom. The van der Waals surface area contributed by atoms with Crippen LogP contribution in [0.4, 0.5) is 14.5 Å². The molecule has 1 fully saturated rings. The zero-order valence-electron chi connectivity index (χ0n) is 11.8. The van der Waals surface area contributed by atoms with Crippen LogP contribution in [0.2, 0.25) is 0 Å². The summed E-state index contributed by atoms with van der Waals surface area (Å²) in [5.74, 6) is -2.26. The number of amides is 1. The predicted molar refractivity (Wildman–Crippen MR) is 74.3 cm³/mol. The van der Waals surface area contributed by atoms with E-state index in [0.717, 1.165) is 31.7 Å². The maximum atomic E-state index is 13.6. The van der Waals surface area contributed by atoms with E-state index < -0.39 is 17.5 Å². The van der Waals surface area contributed by atoms with Crippen LogP contribution in [-0.4, -0.2) is 11.9 Å². The van der Waals surface area contributed by atoms with Crippen molar-refractivity contribution in [2.75, 3.05) is 5.73 Å². The average molecular weight is 282 g/mol. The minimum absolute atomic E-state index is 0.0428. The molecule has 0 bridgehead atoms. The second kappa shape index (κ2) is 5.38. The summed E-state index contributed by atoms with van der Waals surface area (Å²) in [5.41, 5.74) is 5.25. The summed E-state index contributed by atoms with van der Waals surface area (Å²) in [7, 11) is 0. The van der Waals surface area contributed by atoms with Crippen molar-refractivity contribution in [2.45, 2.75) is 45.6 Å². The molecule has 110 valence electrons. The molecule has 0 spiro atoms. The smallest absolute Gasteiger partial charge is 0.254 e. The van der Waals surface area contributed by atoms with Gasteiger partial charge in [0.15, 0.2) is 0 Å². The normalized spacial score (nSPS) is 18.8. The summed E-state index contributed by atoms with van der Waals surface area (Å²) >= 11 is 0. The SMILES string of the molecule is CC1(C)CCC(NC(=O)c2cc(N)c(F)cc2F)CC1. The van der Waals surface area contributed by atoms with Crippen molar-refractivity contribution < 1.29 is 13.6 Å². The minimum Gasteiger partial charge on any atom is -0.396 e. The van der Waals surface area contributed by atoms with Crippen molar-refractivity contribution >= 4 is 11.6 Å². The molecule has 1 aliphatic carbocycles. The number of benzene rings is 1. The summed E-state index contributed by atoms with van der Waals surface area (Å²) < 4.78 is 26.7. The predicted octanol–water partition coefficient (Wildman–Crippen LogP) is 3.25. The second-order valence-electron chi connectivity index (χ2n) is 6.27. The Morgan fingerprint density at radius 3 is 2.45 bits per heavy atom. The minimum atomic E-state index is -0.884. The van der Waals surface area contributed by atoms with E-state index in [2.05, 4.69) is 19.2 Å². The first-order valence-electron chi connectivity index (χ1n) is 6.84. The van der Waals surface area contributed by atoms with Crippen molar-refractivity contribution in [1.29, 1.82) is 0 Å². The molecule has 0 unspecified atom stereocenters. The molecular formula is C15H20F2N2O. The number of nitrogens with two attached hydrogens (primary N) is 1. The third kappa shape index (κ3) is 3.26. The maximum absolute atomic E-state index is 13.6. The first kappa shape index (κ1) is 14.8. The highest BCUT2D eigenvalue weighted by Crippen LogP contribution is 2.35. The number of carbonyl (C=O) groups is 1. The van der Waals surface area contributed by atoms with Crippen LogP contribution in [0.3, 0.4) is 0 Å². The molecule has 20 heavy (non-hydrogen) atoms. The molecule has 0 atom stereocenters. The highest BCUT2D eigenvalue weighted by Gasteiger charge is 2.28. The Balaban J connectivity index is 2.04. The zero-order valence-corrected chi connectivity index (χ0v) is 11.8. The molecule has 1 saturated carbocycles. The Kier molecular flexibility index (Phi) is 3.97. The molecule has 1 aromatic rings. The van der Waals surface area contributed by atoms with E-state index in [9.17, 15) is 13.6 Å². The Labute approximate surface area is 117 Å². The van der Waals surface area contributed by atoms with Crippen molar-refractivity contribution in [1.82, 2.24) is 5.32 Å². The van der Waals surface area contributed by atoms with Gasteiger partial charge in [0.1, 0.15) is 11.6 Å². The Morgan fingerprint density at radius 1 is 1.25 bits per heavy atom. The van der Waals surface area contributed by atoms with Gasteiger partial charge in [-0.1, -0.05) is 13.8 Å². The molecule has 0 saturated heterocycles. The molecule has 0 aliphatic heterocycles. The summed E-state index contributed by atoms with van der Waals surface area (Å²) in [6.45, 7) is 4.40. The maximum Gasteiger partial charge on any atom is 0.254 e. The largest absolute Gasteiger partial charge is 0.396 e. The molecule has 1 aromatic carbocycles. The van der Waals surface area contributed by atoms with Gasteiger partial charge in [-0.05, 0) is 37.2 Å². The number of halogens is 2. The third-order valence-corrected chi connectivity index (χ3v) is 4.01. The van der Waals surface area contributed by atoms with Gasteiger partial charge in [0.25, 0.3) is 5.91 Å². The fourth-order valence-corrected chi connectivity index (χ4v) is 2.55. The van der Waals surface area contributed by atoms with Crippen molar-refractivity contribution in [3.05, 3.63) is 29.3 Å². The van der Waals surface area contributed by atoms with Crippen LogP contribution in [0.25, 0.3) is 0 Å². The molecule has 5 heteroatoms. The monoisotopic (exact) mass is 282 g/mol. The van der Waals surface area contributed by atoms with Gasteiger partial charge < -0.3 is 11.1 Å². The molecule has 0 radical (unpaired) electrons. The van der Waals surface area contributed by atoms with Crippen LogP contribution in [0.1, 0.15) is 49.9 Å². The zero-order chi connectivity index (χ0) is 14.9. The van der Waals surface area contributed by atoms with Gasteiger partial charge in [0.2, 0.25) is 0 Å². The van der Waals surface area contributed by atoms with Crippen molar-refractivity contribution in [3.8, 4) is 0 Å². The van der Waals surface area contributed by atoms with Gasteiger partial charge in [0, 0.05) is 12.1 Å². The molecule has 1 amide bonds. The average Bonchev–Trinajstić information content (AvgIpc) is 2.36. The van der Waals surface area contributed by atoms with Gasteiger partial charge in [0.05, 0.1) is 11.3 Å². The molecule has 0 aromatic heterocycles. The highest BCUT2D eigenvalue weighted by atomic mass is 19.1. The van der Waals surface area contributed by atoms with Gasteiger partial charge in [-0.15, -0.1) is 0 Å². The van der Waals surface area contributed by atoms with Crippen molar-refractivity contribution in [3.63, 3.8) is 0 Å². The molecule has 0 heterocycles. The fraction of sp³-hybridized carbons (Fsp3) is 0.533. The fourth-order valence-electron chi connectivity index (χ4n) is 2.55. The van der Waals surface area contributed by atoms with E-state index in [-0.39, 0.29) is 17.3 Å². The van der Waals surface area contributed by atoms with Crippen LogP contribution in [0.5, 0.6) is 0 Å². The Bertz CT molecular complexity index is 519. The van der Waals surface area contributed by atoms with Crippen molar-refractivity contribution in [2.24, 2.45) is 5.41 Å². The second-order valence-corrected chi connectivity index (χ2v) is 6.27. The number of nitrogen functional groups attached to an aromatic ring is 1. The molecule has 2 rings (SSSR count). The van der Waals surface area contributed by atoms with Crippen LogP contribution in [0, 0.1) is 17.0 Å². The molecule has 3 nitrogen and oxygen atoms in total. The number of hydrogen-bond acceptors (Lipinski definition) is 2. The lowest BCUT2D eigenvalue weighted by Gasteiger charge is -2.34. The lowest BCUT2D eigenvalue weighted by Crippen LogP contribution is -2.39. The quantitative estimate of drug-likeness (QED) is 0.818. The van der Waals surface area contributed by atoms with E-state index in [1.54, 1.807) is 0 Å². The van der Waals surface area contributed by atoms with E-state index in [0.29, 0.717) is 11.5 Å². The van der Waals surface area contributed by atoms with Crippen LogP contribution >= 0.6 is 0 Å².